The molecule has 0 amide bonds. The highest BCUT2D eigenvalue weighted by Crippen LogP contribution is 2.21. The van der Waals surface area contributed by atoms with Crippen molar-refractivity contribution in [3.63, 3.8) is 0 Å². The molecule has 0 saturated heterocycles. The van der Waals surface area contributed by atoms with Crippen molar-refractivity contribution in [2.45, 2.75) is 12.8 Å². The number of hydrogen-bond acceptors (Lipinski definition) is 4. The largest absolute Gasteiger partial charge is 0.359 e. The van der Waals surface area contributed by atoms with Gasteiger partial charge >= 0.3 is 0 Å². The topological polar surface area (TPSA) is 46.8 Å². The van der Waals surface area contributed by atoms with Crippen molar-refractivity contribution in [3.05, 3.63) is 48.4 Å². The third-order valence-electron chi connectivity index (χ3n) is 3.67. The fraction of sp³-hybridized carbons (Fsp3) is 0.312. The van der Waals surface area contributed by atoms with Gasteiger partial charge in [-0.05, 0) is 18.4 Å². The molecular formula is C16H19N5. The quantitative estimate of drug-likeness (QED) is 0.720. The summed E-state index contributed by atoms with van der Waals surface area (Å²) in [5.74, 6) is 0.946. The molecule has 0 aliphatic rings. The maximum atomic E-state index is 4.41. The molecule has 0 N–H and O–H groups in total. The van der Waals surface area contributed by atoms with Crippen LogP contribution >= 0.6 is 0 Å². The van der Waals surface area contributed by atoms with Crippen LogP contribution in [0.1, 0.15) is 12.0 Å². The van der Waals surface area contributed by atoms with E-state index in [1.165, 1.54) is 5.56 Å². The number of anilines is 1. The zero-order valence-corrected chi connectivity index (χ0v) is 12.4. The Morgan fingerprint density at radius 2 is 1.95 bits per heavy atom. The molecule has 1 aromatic carbocycles. The highest BCUT2D eigenvalue weighted by Gasteiger charge is 2.11. The maximum Gasteiger partial charge on any atom is 0.163 e. The first-order valence-electron chi connectivity index (χ1n) is 7.13. The zero-order valence-electron chi connectivity index (χ0n) is 12.4. The molecular weight excluding hydrogens is 262 g/mol. The van der Waals surface area contributed by atoms with Crippen molar-refractivity contribution in [1.29, 1.82) is 0 Å². The third-order valence-corrected chi connectivity index (χ3v) is 3.67. The minimum Gasteiger partial charge on any atom is -0.359 e. The van der Waals surface area contributed by atoms with Crippen LogP contribution in [-0.4, -0.2) is 33.3 Å². The van der Waals surface area contributed by atoms with Gasteiger partial charge in [0, 0.05) is 20.6 Å². The molecule has 0 saturated carbocycles. The molecule has 21 heavy (non-hydrogen) atoms. The molecule has 0 unspecified atom stereocenters. The molecule has 0 aliphatic heterocycles. The number of benzene rings is 1. The Morgan fingerprint density at radius 1 is 1.14 bits per heavy atom. The highest BCUT2D eigenvalue weighted by molar-refractivity contribution is 5.86. The Balaban J connectivity index is 1.68. The standard InChI is InChI=1S/C16H19N5/c1-20(10-6-9-13-7-4-3-5-8-13)15-14-11-19-21(2)16(14)18-12-17-15/h3-5,7-8,11-12H,6,9-10H2,1-2H3. The fourth-order valence-corrected chi connectivity index (χ4v) is 2.52. The summed E-state index contributed by atoms with van der Waals surface area (Å²) < 4.78 is 1.78. The van der Waals surface area contributed by atoms with Crippen molar-refractivity contribution >= 4 is 16.9 Å². The molecule has 0 atom stereocenters. The lowest BCUT2D eigenvalue weighted by Crippen LogP contribution is -2.20. The lowest BCUT2D eigenvalue weighted by atomic mass is 10.1. The Hall–Kier alpha value is -2.43. The van der Waals surface area contributed by atoms with E-state index in [0.717, 1.165) is 36.2 Å². The minimum atomic E-state index is 0.870. The summed E-state index contributed by atoms with van der Waals surface area (Å²) in [5, 5.41) is 5.26. The van der Waals surface area contributed by atoms with Gasteiger partial charge in [-0.15, -0.1) is 0 Å². The predicted octanol–water partition coefficient (Wildman–Crippen LogP) is 2.43. The van der Waals surface area contributed by atoms with E-state index in [0.29, 0.717) is 0 Å². The normalized spacial score (nSPS) is 11.0. The Kier molecular flexibility index (Phi) is 3.81. The molecule has 3 rings (SSSR count). The van der Waals surface area contributed by atoms with Gasteiger partial charge in [0.05, 0.1) is 11.6 Å². The molecule has 0 spiro atoms. The van der Waals surface area contributed by atoms with E-state index >= 15 is 0 Å². The highest BCUT2D eigenvalue weighted by atomic mass is 15.3. The van der Waals surface area contributed by atoms with Gasteiger partial charge in [0.2, 0.25) is 0 Å². The van der Waals surface area contributed by atoms with E-state index in [1.807, 2.05) is 13.2 Å². The van der Waals surface area contributed by atoms with Crippen molar-refractivity contribution in [1.82, 2.24) is 19.7 Å². The molecule has 5 heteroatoms. The van der Waals surface area contributed by atoms with Crippen LogP contribution in [-0.2, 0) is 13.5 Å². The first-order chi connectivity index (χ1) is 10.3. The van der Waals surface area contributed by atoms with E-state index < -0.39 is 0 Å². The summed E-state index contributed by atoms with van der Waals surface area (Å²) in [7, 11) is 3.97. The van der Waals surface area contributed by atoms with Crippen LogP contribution in [0.4, 0.5) is 5.82 Å². The van der Waals surface area contributed by atoms with Crippen LogP contribution in [0.15, 0.2) is 42.9 Å². The first-order valence-corrected chi connectivity index (χ1v) is 7.13. The number of nitrogens with zero attached hydrogens (tertiary/aromatic N) is 5. The number of aromatic nitrogens is 4. The van der Waals surface area contributed by atoms with E-state index in [9.17, 15) is 0 Å². The lowest BCUT2D eigenvalue weighted by molar-refractivity contribution is 0.775. The third kappa shape index (κ3) is 2.86. The average Bonchev–Trinajstić information content (AvgIpc) is 2.90. The summed E-state index contributed by atoms with van der Waals surface area (Å²) in [4.78, 5) is 10.9. The monoisotopic (exact) mass is 281 g/mol. The van der Waals surface area contributed by atoms with E-state index in [2.05, 4.69) is 57.3 Å². The van der Waals surface area contributed by atoms with Crippen LogP contribution < -0.4 is 4.90 Å². The molecule has 5 nitrogen and oxygen atoms in total. The second-order valence-corrected chi connectivity index (χ2v) is 5.21. The van der Waals surface area contributed by atoms with Crippen LogP contribution in [0.3, 0.4) is 0 Å². The van der Waals surface area contributed by atoms with Gasteiger partial charge in [0.1, 0.15) is 12.1 Å². The second-order valence-electron chi connectivity index (χ2n) is 5.21. The molecule has 2 heterocycles. The predicted molar refractivity (Wildman–Crippen MR) is 84.3 cm³/mol. The summed E-state index contributed by atoms with van der Waals surface area (Å²) >= 11 is 0. The minimum absolute atomic E-state index is 0.870. The zero-order chi connectivity index (χ0) is 14.7. The first kappa shape index (κ1) is 13.5. The lowest BCUT2D eigenvalue weighted by Gasteiger charge is -2.18. The fourth-order valence-electron chi connectivity index (χ4n) is 2.52. The summed E-state index contributed by atoms with van der Waals surface area (Å²) in [6.07, 6.45) is 5.60. The van der Waals surface area contributed by atoms with E-state index in [1.54, 1.807) is 11.0 Å². The average molecular weight is 281 g/mol. The van der Waals surface area contributed by atoms with Crippen molar-refractivity contribution in [2.24, 2.45) is 7.05 Å². The Labute approximate surface area is 124 Å². The number of aryl methyl sites for hydroxylation is 2. The summed E-state index contributed by atoms with van der Waals surface area (Å²) in [5.41, 5.74) is 2.25. The Morgan fingerprint density at radius 3 is 2.76 bits per heavy atom. The van der Waals surface area contributed by atoms with Gasteiger partial charge in [-0.1, -0.05) is 30.3 Å². The molecule has 108 valence electrons. The van der Waals surface area contributed by atoms with Crippen molar-refractivity contribution < 1.29 is 0 Å². The van der Waals surface area contributed by atoms with Gasteiger partial charge in [-0.2, -0.15) is 5.10 Å². The number of fused-ring (bicyclic) bond motifs is 1. The van der Waals surface area contributed by atoms with Crippen LogP contribution in [0, 0.1) is 0 Å². The van der Waals surface area contributed by atoms with Crippen molar-refractivity contribution in [3.8, 4) is 0 Å². The molecule has 0 radical (unpaired) electrons. The number of rotatable bonds is 5. The van der Waals surface area contributed by atoms with Crippen molar-refractivity contribution in [2.75, 3.05) is 18.5 Å². The van der Waals surface area contributed by atoms with Crippen LogP contribution in [0.2, 0.25) is 0 Å². The van der Waals surface area contributed by atoms with E-state index in [4.69, 9.17) is 0 Å². The van der Waals surface area contributed by atoms with Gasteiger partial charge in [-0.25, -0.2) is 9.97 Å². The summed E-state index contributed by atoms with van der Waals surface area (Å²) in [6, 6.07) is 10.6. The molecule has 2 aromatic heterocycles. The SMILES string of the molecule is CN(CCCc1ccccc1)c1ncnc2c1cnn2C. The van der Waals surface area contributed by atoms with Gasteiger partial charge < -0.3 is 4.90 Å². The van der Waals surface area contributed by atoms with Gasteiger partial charge in [0.25, 0.3) is 0 Å². The van der Waals surface area contributed by atoms with Gasteiger partial charge in [-0.3, -0.25) is 4.68 Å². The van der Waals surface area contributed by atoms with E-state index in [-0.39, 0.29) is 0 Å². The van der Waals surface area contributed by atoms with Crippen LogP contribution in [0.5, 0.6) is 0 Å². The summed E-state index contributed by atoms with van der Waals surface area (Å²) in [6.45, 7) is 0.954. The van der Waals surface area contributed by atoms with Crippen LogP contribution in [0.25, 0.3) is 11.0 Å². The Bertz CT molecular complexity index is 720. The molecule has 0 fully saturated rings. The second kappa shape index (κ2) is 5.91. The maximum absolute atomic E-state index is 4.41. The smallest absolute Gasteiger partial charge is 0.163 e. The number of hydrogen-bond donors (Lipinski definition) is 0. The molecule has 0 bridgehead atoms. The molecule has 0 aliphatic carbocycles. The molecule has 3 aromatic rings. The van der Waals surface area contributed by atoms with Gasteiger partial charge in [0.15, 0.2) is 5.65 Å².